The predicted octanol–water partition coefficient (Wildman–Crippen LogP) is 1.93. The van der Waals surface area contributed by atoms with Crippen LogP contribution in [0.5, 0.6) is 0 Å². The Hall–Kier alpha value is -1.50. The highest BCUT2D eigenvalue weighted by atomic mass is 16.5. The van der Waals surface area contributed by atoms with Gasteiger partial charge in [-0.1, -0.05) is 20.8 Å². The van der Waals surface area contributed by atoms with Crippen LogP contribution in [0.2, 0.25) is 0 Å². The number of nitrogens with zero attached hydrogens (tertiary/aromatic N) is 1. The lowest BCUT2D eigenvalue weighted by atomic mass is 9.91. The van der Waals surface area contributed by atoms with Gasteiger partial charge in [0, 0.05) is 5.41 Å². The van der Waals surface area contributed by atoms with Crippen molar-refractivity contribution in [1.29, 1.82) is 5.26 Å². The van der Waals surface area contributed by atoms with Gasteiger partial charge in [-0.25, -0.2) is 4.79 Å². The molecule has 0 heterocycles. The second-order valence-electron chi connectivity index (χ2n) is 3.81. The first-order valence-electron chi connectivity index (χ1n) is 4.35. The van der Waals surface area contributed by atoms with Crippen LogP contribution < -0.4 is 0 Å². The molecule has 4 heteroatoms. The van der Waals surface area contributed by atoms with Crippen molar-refractivity contribution in [2.45, 2.75) is 27.7 Å². The molecular formula is C10H15NO3. The van der Waals surface area contributed by atoms with E-state index in [4.69, 9.17) is 5.26 Å². The van der Waals surface area contributed by atoms with Crippen molar-refractivity contribution in [2.75, 3.05) is 6.61 Å². The van der Waals surface area contributed by atoms with Gasteiger partial charge in [0.15, 0.2) is 5.57 Å². The van der Waals surface area contributed by atoms with Gasteiger partial charge in [0.05, 0.1) is 6.61 Å². The van der Waals surface area contributed by atoms with E-state index >= 15 is 0 Å². The van der Waals surface area contributed by atoms with Crippen molar-refractivity contribution in [1.82, 2.24) is 0 Å². The molecule has 0 aliphatic rings. The number of hydrogen-bond donors (Lipinski definition) is 1. The molecule has 0 aromatic heterocycles. The fourth-order valence-corrected chi connectivity index (χ4v) is 0.774. The molecule has 0 atom stereocenters. The third-order valence-corrected chi connectivity index (χ3v) is 1.54. The van der Waals surface area contributed by atoms with Crippen molar-refractivity contribution in [3.05, 3.63) is 11.3 Å². The minimum atomic E-state index is -0.776. The summed E-state index contributed by atoms with van der Waals surface area (Å²) in [7, 11) is 0. The Morgan fingerprint density at radius 3 is 2.29 bits per heavy atom. The molecule has 0 saturated heterocycles. The van der Waals surface area contributed by atoms with Gasteiger partial charge in [-0.3, -0.25) is 0 Å². The third kappa shape index (κ3) is 3.09. The minimum absolute atomic E-state index is 0.182. The molecule has 0 unspecified atom stereocenters. The number of rotatable bonds is 2. The number of aliphatic hydroxyl groups excluding tert-OH is 1. The van der Waals surface area contributed by atoms with Gasteiger partial charge >= 0.3 is 5.97 Å². The number of allylic oxidation sites excluding steroid dienone is 1. The second-order valence-corrected chi connectivity index (χ2v) is 3.81. The molecule has 0 radical (unpaired) electrons. The van der Waals surface area contributed by atoms with Crippen molar-refractivity contribution < 1.29 is 14.6 Å². The largest absolute Gasteiger partial charge is 0.510 e. The van der Waals surface area contributed by atoms with Gasteiger partial charge in [-0.2, -0.15) is 5.26 Å². The molecule has 0 fully saturated rings. The molecule has 1 N–H and O–H groups in total. The van der Waals surface area contributed by atoms with E-state index in [1.807, 2.05) is 0 Å². The van der Waals surface area contributed by atoms with Crippen LogP contribution in [-0.2, 0) is 9.53 Å². The maximum atomic E-state index is 11.2. The minimum Gasteiger partial charge on any atom is -0.510 e. The zero-order chi connectivity index (χ0) is 11.4. The Kier molecular flexibility index (Phi) is 4.16. The zero-order valence-electron chi connectivity index (χ0n) is 8.92. The topological polar surface area (TPSA) is 70.3 Å². The molecule has 0 spiro atoms. The molecule has 0 amide bonds. The van der Waals surface area contributed by atoms with Gasteiger partial charge in [-0.15, -0.1) is 0 Å². The first-order valence-corrected chi connectivity index (χ1v) is 4.35. The quantitative estimate of drug-likeness (QED) is 0.318. The molecule has 0 rings (SSSR count). The van der Waals surface area contributed by atoms with Gasteiger partial charge in [0.2, 0.25) is 0 Å². The number of aliphatic hydroxyl groups is 1. The molecule has 0 aliphatic heterocycles. The van der Waals surface area contributed by atoms with Crippen LogP contribution in [0.4, 0.5) is 0 Å². The van der Waals surface area contributed by atoms with Crippen LogP contribution >= 0.6 is 0 Å². The average molecular weight is 197 g/mol. The lowest BCUT2D eigenvalue weighted by Gasteiger charge is -2.18. The second kappa shape index (κ2) is 4.66. The summed E-state index contributed by atoms with van der Waals surface area (Å²) in [6.45, 7) is 6.94. The van der Waals surface area contributed by atoms with E-state index in [9.17, 15) is 9.90 Å². The molecule has 0 saturated carbocycles. The maximum absolute atomic E-state index is 11.2. The summed E-state index contributed by atoms with van der Waals surface area (Å²) >= 11 is 0. The summed E-state index contributed by atoms with van der Waals surface area (Å²) in [5.41, 5.74) is -0.947. The third-order valence-electron chi connectivity index (χ3n) is 1.54. The van der Waals surface area contributed by atoms with Crippen LogP contribution in [0.1, 0.15) is 27.7 Å². The van der Waals surface area contributed by atoms with Gasteiger partial charge in [0.1, 0.15) is 11.8 Å². The zero-order valence-corrected chi connectivity index (χ0v) is 8.92. The predicted molar refractivity (Wildman–Crippen MR) is 51.4 cm³/mol. The molecular weight excluding hydrogens is 182 g/mol. The number of esters is 1. The Labute approximate surface area is 83.8 Å². The van der Waals surface area contributed by atoms with Crippen molar-refractivity contribution in [3.63, 3.8) is 0 Å². The van der Waals surface area contributed by atoms with Crippen molar-refractivity contribution >= 4 is 5.97 Å². The lowest BCUT2D eigenvalue weighted by molar-refractivity contribution is -0.138. The fourth-order valence-electron chi connectivity index (χ4n) is 0.774. The van der Waals surface area contributed by atoms with Gasteiger partial charge in [0.25, 0.3) is 0 Å². The van der Waals surface area contributed by atoms with E-state index in [0.717, 1.165) is 0 Å². The summed E-state index contributed by atoms with van der Waals surface area (Å²) in [5.74, 6) is -1.01. The van der Waals surface area contributed by atoms with E-state index in [0.29, 0.717) is 0 Å². The van der Waals surface area contributed by atoms with Crippen LogP contribution in [0.25, 0.3) is 0 Å². The number of hydrogen-bond acceptors (Lipinski definition) is 4. The van der Waals surface area contributed by atoms with Gasteiger partial charge in [-0.05, 0) is 6.92 Å². The monoisotopic (exact) mass is 197 g/mol. The highest BCUT2D eigenvalue weighted by molar-refractivity contribution is 5.93. The maximum Gasteiger partial charge on any atom is 0.352 e. The van der Waals surface area contributed by atoms with Crippen molar-refractivity contribution in [3.8, 4) is 6.07 Å². The number of carbonyl (C=O) groups excluding carboxylic acids is 1. The van der Waals surface area contributed by atoms with E-state index < -0.39 is 11.4 Å². The van der Waals surface area contributed by atoms with Crippen LogP contribution in [0.3, 0.4) is 0 Å². The highest BCUT2D eigenvalue weighted by Gasteiger charge is 2.25. The number of carbonyl (C=O) groups is 1. The standard InChI is InChI=1S/C10H15NO3/c1-5-14-9(13)7(6-11)8(12)10(2,3)4/h12H,5H2,1-4H3/b8-7-. The van der Waals surface area contributed by atoms with E-state index in [1.54, 1.807) is 33.8 Å². The Bertz CT molecular complexity index is 291. The van der Waals surface area contributed by atoms with E-state index in [-0.39, 0.29) is 17.9 Å². The Morgan fingerprint density at radius 2 is 2.00 bits per heavy atom. The highest BCUT2D eigenvalue weighted by Crippen LogP contribution is 2.25. The van der Waals surface area contributed by atoms with Crippen molar-refractivity contribution in [2.24, 2.45) is 5.41 Å². The SMILES string of the molecule is CCOC(=O)/C(C#N)=C(\O)C(C)(C)C. The summed E-state index contributed by atoms with van der Waals surface area (Å²) in [4.78, 5) is 11.2. The van der Waals surface area contributed by atoms with Gasteiger partial charge < -0.3 is 9.84 Å². The molecule has 0 aromatic carbocycles. The Morgan fingerprint density at radius 1 is 1.50 bits per heavy atom. The molecule has 4 nitrogen and oxygen atoms in total. The fraction of sp³-hybridized carbons (Fsp3) is 0.600. The summed E-state index contributed by atoms with van der Waals surface area (Å²) in [5, 5.41) is 18.3. The molecule has 14 heavy (non-hydrogen) atoms. The molecule has 78 valence electrons. The first kappa shape index (κ1) is 12.5. The summed E-state index contributed by atoms with van der Waals surface area (Å²) < 4.78 is 4.63. The molecule has 0 aromatic rings. The van der Waals surface area contributed by atoms with E-state index in [2.05, 4.69) is 4.74 Å². The summed E-state index contributed by atoms with van der Waals surface area (Å²) in [6.07, 6.45) is 0. The van der Waals surface area contributed by atoms with Crippen LogP contribution in [0, 0.1) is 16.7 Å². The lowest BCUT2D eigenvalue weighted by Crippen LogP contribution is -2.17. The first-order chi connectivity index (χ1) is 6.34. The van der Waals surface area contributed by atoms with E-state index in [1.165, 1.54) is 0 Å². The average Bonchev–Trinajstić information content (AvgIpc) is 2.04. The Balaban J connectivity index is 5.08. The summed E-state index contributed by atoms with van der Waals surface area (Å²) in [6, 6.07) is 1.65. The molecule has 0 bridgehead atoms. The smallest absolute Gasteiger partial charge is 0.352 e. The number of nitriles is 1. The van der Waals surface area contributed by atoms with Crippen LogP contribution in [0.15, 0.2) is 11.3 Å². The normalized spacial score (nSPS) is 12.8. The molecule has 0 aliphatic carbocycles. The van der Waals surface area contributed by atoms with Crippen LogP contribution in [-0.4, -0.2) is 17.7 Å². The number of ether oxygens (including phenoxy) is 1.